The molecule has 0 aliphatic carbocycles. The van der Waals surface area contributed by atoms with Crippen molar-refractivity contribution in [2.75, 3.05) is 38.1 Å². The van der Waals surface area contributed by atoms with Crippen LogP contribution in [0.4, 0.5) is 10.1 Å². The highest BCUT2D eigenvalue weighted by molar-refractivity contribution is 14.0. The van der Waals surface area contributed by atoms with Crippen molar-refractivity contribution >= 4 is 35.6 Å². The number of anilines is 1. The molecule has 1 N–H and O–H groups in total. The summed E-state index contributed by atoms with van der Waals surface area (Å²) >= 11 is 0. The molecule has 0 spiro atoms. The van der Waals surface area contributed by atoms with Crippen LogP contribution in [0.25, 0.3) is 0 Å². The molecular weight excluding hydrogens is 482 g/mol. The van der Waals surface area contributed by atoms with E-state index in [1.165, 1.54) is 5.56 Å². The topological polar surface area (TPSA) is 48.7 Å². The van der Waals surface area contributed by atoms with Crippen LogP contribution in [-0.2, 0) is 13.6 Å². The van der Waals surface area contributed by atoms with Crippen molar-refractivity contribution in [2.24, 2.45) is 12.0 Å². The summed E-state index contributed by atoms with van der Waals surface area (Å²) in [5.41, 5.74) is 2.85. The maximum atomic E-state index is 14.5. The monoisotopic (exact) mass is 514 g/mol. The first-order valence-electron chi connectivity index (χ1n) is 10.0. The molecule has 1 aliphatic heterocycles. The van der Waals surface area contributed by atoms with Crippen LogP contribution < -0.4 is 10.2 Å². The Kier molecular flexibility index (Phi) is 8.73. The molecule has 1 saturated heterocycles. The third-order valence-electron chi connectivity index (χ3n) is 5.46. The molecule has 6 nitrogen and oxygen atoms in total. The minimum absolute atomic E-state index is 0. The fraction of sp³-hybridized carbons (Fsp3) is 0.524. The first-order valence-corrected chi connectivity index (χ1v) is 10.0. The van der Waals surface area contributed by atoms with E-state index in [1.54, 1.807) is 13.1 Å². The lowest BCUT2D eigenvalue weighted by Gasteiger charge is -2.23. The smallest absolute Gasteiger partial charge is 0.193 e. The highest BCUT2D eigenvalue weighted by atomic mass is 127. The maximum Gasteiger partial charge on any atom is 0.193 e. The van der Waals surface area contributed by atoms with E-state index in [0.717, 1.165) is 44.1 Å². The molecule has 1 fully saturated rings. The molecule has 3 rings (SSSR count). The molecule has 2 aromatic rings. The van der Waals surface area contributed by atoms with Gasteiger partial charge in [-0.1, -0.05) is 6.07 Å². The third-order valence-corrected chi connectivity index (χ3v) is 5.46. The second kappa shape index (κ2) is 10.8. The lowest BCUT2D eigenvalue weighted by molar-refractivity contribution is 0.485. The van der Waals surface area contributed by atoms with Crippen LogP contribution in [0.2, 0.25) is 0 Å². The van der Waals surface area contributed by atoms with Crippen molar-refractivity contribution in [1.29, 1.82) is 0 Å². The van der Waals surface area contributed by atoms with Gasteiger partial charge in [0.25, 0.3) is 0 Å². The summed E-state index contributed by atoms with van der Waals surface area (Å²) in [6.07, 6.45) is 5.12. The van der Waals surface area contributed by atoms with Crippen molar-refractivity contribution < 1.29 is 4.39 Å². The Bertz CT molecular complexity index is 817. The van der Waals surface area contributed by atoms with Crippen LogP contribution in [0, 0.1) is 5.82 Å². The van der Waals surface area contributed by atoms with Crippen LogP contribution in [-0.4, -0.2) is 53.9 Å². The largest absolute Gasteiger partial charge is 0.370 e. The highest BCUT2D eigenvalue weighted by Crippen LogP contribution is 2.26. The number of halogens is 2. The zero-order valence-corrected chi connectivity index (χ0v) is 20.1. The number of benzene rings is 1. The van der Waals surface area contributed by atoms with E-state index in [1.807, 2.05) is 48.8 Å². The van der Waals surface area contributed by atoms with Crippen molar-refractivity contribution in [3.8, 4) is 0 Å². The van der Waals surface area contributed by atoms with Crippen LogP contribution in [0.1, 0.15) is 37.3 Å². The van der Waals surface area contributed by atoms with Crippen LogP contribution >= 0.6 is 24.0 Å². The van der Waals surface area contributed by atoms with Gasteiger partial charge in [-0.05, 0) is 43.5 Å². The minimum Gasteiger partial charge on any atom is -0.370 e. The molecular formula is C21H32FIN6. The normalized spacial score (nSPS) is 16.7. The summed E-state index contributed by atoms with van der Waals surface area (Å²) in [6, 6.07) is 5.48. The Balaban J connectivity index is 0.00000300. The van der Waals surface area contributed by atoms with Gasteiger partial charge in [-0.2, -0.15) is 5.10 Å². The Labute approximate surface area is 190 Å². The Hall–Kier alpha value is -1.84. The lowest BCUT2D eigenvalue weighted by Crippen LogP contribution is -2.39. The second-order valence-electron chi connectivity index (χ2n) is 7.24. The summed E-state index contributed by atoms with van der Waals surface area (Å²) in [5, 5.41) is 7.66. The average Bonchev–Trinajstić information content (AvgIpc) is 3.34. The van der Waals surface area contributed by atoms with Gasteiger partial charge in [0.2, 0.25) is 0 Å². The van der Waals surface area contributed by atoms with Crippen LogP contribution in [0.15, 0.2) is 35.6 Å². The highest BCUT2D eigenvalue weighted by Gasteiger charge is 2.26. The predicted octanol–water partition coefficient (Wildman–Crippen LogP) is 3.59. The third kappa shape index (κ3) is 5.61. The van der Waals surface area contributed by atoms with E-state index in [4.69, 9.17) is 0 Å². The fourth-order valence-corrected chi connectivity index (χ4v) is 3.87. The number of aromatic nitrogens is 2. The van der Waals surface area contributed by atoms with E-state index in [-0.39, 0.29) is 29.8 Å². The van der Waals surface area contributed by atoms with Gasteiger partial charge in [0, 0.05) is 58.9 Å². The molecule has 0 saturated carbocycles. The standard InChI is InChI=1S/C21H31FN6.HI/c1-5-27(6-2)20-8-7-16(11-19(20)22)12-24-21(23-3)28-10-9-17(15-28)18-13-25-26(4)14-18;/h7-8,11,13-14,17H,5-6,9-10,12,15H2,1-4H3,(H,23,24);1H. The molecule has 1 atom stereocenters. The van der Waals surface area contributed by atoms with Crippen LogP contribution in [0.3, 0.4) is 0 Å². The van der Waals surface area contributed by atoms with Crippen molar-refractivity contribution in [2.45, 2.75) is 32.7 Å². The van der Waals surface area contributed by atoms with E-state index >= 15 is 0 Å². The van der Waals surface area contributed by atoms with Gasteiger partial charge in [0.15, 0.2) is 5.96 Å². The average molecular weight is 514 g/mol. The van der Waals surface area contributed by atoms with Gasteiger partial charge in [0.1, 0.15) is 5.82 Å². The van der Waals surface area contributed by atoms with Crippen molar-refractivity contribution in [3.63, 3.8) is 0 Å². The lowest BCUT2D eigenvalue weighted by atomic mass is 10.0. The summed E-state index contributed by atoms with van der Waals surface area (Å²) in [6.45, 7) is 8.09. The molecule has 1 aliphatic rings. The Morgan fingerprint density at radius 2 is 2.10 bits per heavy atom. The maximum absolute atomic E-state index is 14.5. The van der Waals surface area contributed by atoms with Crippen LogP contribution in [0.5, 0.6) is 0 Å². The summed E-state index contributed by atoms with van der Waals surface area (Å²) in [5.74, 6) is 1.16. The molecule has 0 amide bonds. The molecule has 2 heterocycles. The molecule has 0 bridgehead atoms. The molecule has 1 unspecified atom stereocenters. The Morgan fingerprint density at radius 1 is 1.34 bits per heavy atom. The van der Waals surface area contributed by atoms with Crippen molar-refractivity contribution in [3.05, 3.63) is 47.5 Å². The number of hydrogen-bond acceptors (Lipinski definition) is 3. The first-order chi connectivity index (χ1) is 13.5. The zero-order chi connectivity index (χ0) is 20.1. The summed E-state index contributed by atoms with van der Waals surface area (Å²) in [4.78, 5) is 8.71. The molecule has 29 heavy (non-hydrogen) atoms. The summed E-state index contributed by atoms with van der Waals surface area (Å²) < 4.78 is 16.4. The van der Waals surface area contributed by atoms with E-state index in [9.17, 15) is 4.39 Å². The van der Waals surface area contributed by atoms with E-state index < -0.39 is 0 Å². The van der Waals surface area contributed by atoms with Gasteiger partial charge in [0.05, 0.1) is 11.9 Å². The molecule has 8 heteroatoms. The number of nitrogens with zero attached hydrogens (tertiary/aromatic N) is 5. The number of aliphatic imine (C=N–C) groups is 1. The first kappa shape index (κ1) is 23.4. The number of hydrogen-bond donors (Lipinski definition) is 1. The molecule has 1 aromatic heterocycles. The SMILES string of the molecule is CCN(CC)c1ccc(CNC(=NC)N2CCC(c3cnn(C)c3)C2)cc1F.I. The minimum atomic E-state index is -0.171. The zero-order valence-electron chi connectivity index (χ0n) is 17.7. The van der Waals surface area contributed by atoms with Crippen molar-refractivity contribution in [1.82, 2.24) is 20.0 Å². The molecule has 160 valence electrons. The van der Waals surface area contributed by atoms with Gasteiger partial charge >= 0.3 is 0 Å². The number of aryl methyl sites for hydroxylation is 1. The van der Waals surface area contributed by atoms with Gasteiger partial charge < -0.3 is 15.1 Å². The fourth-order valence-electron chi connectivity index (χ4n) is 3.87. The van der Waals surface area contributed by atoms with Gasteiger partial charge in [-0.15, -0.1) is 24.0 Å². The number of nitrogens with one attached hydrogen (secondary N) is 1. The van der Waals surface area contributed by atoms with E-state index in [0.29, 0.717) is 18.2 Å². The number of guanidine groups is 1. The Morgan fingerprint density at radius 3 is 2.69 bits per heavy atom. The van der Waals surface area contributed by atoms with Gasteiger partial charge in [-0.25, -0.2) is 4.39 Å². The predicted molar refractivity (Wildman–Crippen MR) is 128 cm³/mol. The van der Waals surface area contributed by atoms with E-state index in [2.05, 4.69) is 26.5 Å². The molecule has 0 radical (unpaired) electrons. The molecule has 1 aromatic carbocycles. The second-order valence-corrected chi connectivity index (χ2v) is 7.24. The van der Waals surface area contributed by atoms with Gasteiger partial charge in [-0.3, -0.25) is 9.67 Å². The number of likely N-dealkylation sites (tertiary alicyclic amines) is 1. The number of rotatable bonds is 6. The summed E-state index contributed by atoms with van der Waals surface area (Å²) in [7, 11) is 3.74. The quantitative estimate of drug-likeness (QED) is 0.364.